The van der Waals surface area contributed by atoms with Gasteiger partial charge in [0.1, 0.15) is 54.0 Å². The summed E-state index contributed by atoms with van der Waals surface area (Å²) in [5, 5.41) is 11.3. The highest BCUT2D eigenvalue weighted by atomic mass is 32.2. The number of nitrogens with one attached hydrogen (secondary N) is 4. The van der Waals surface area contributed by atoms with Gasteiger partial charge in [-0.1, -0.05) is 67.1 Å². The number of benzene rings is 3. The van der Waals surface area contributed by atoms with E-state index in [4.69, 9.17) is 14.2 Å². The number of halogens is 1. The number of carbonyl (C=O) groups excluding carboxylic acids is 10. The van der Waals surface area contributed by atoms with Crippen molar-refractivity contribution in [3.8, 4) is 0 Å². The van der Waals surface area contributed by atoms with Gasteiger partial charge in [-0.05, 0) is 107 Å². The van der Waals surface area contributed by atoms with E-state index in [1.54, 1.807) is 61.2 Å². The molecule has 0 aromatic heterocycles. The molecule has 0 aliphatic carbocycles. The lowest BCUT2D eigenvalue weighted by molar-refractivity contribution is -0.158. The maximum Gasteiger partial charge on any atom is 0.414 e. The van der Waals surface area contributed by atoms with Crippen molar-refractivity contribution in [1.82, 2.24) is 40.9 Å². The van der Waals surface area contributed by atoms with Crippen molar-refractivity contribution in [1.29, 1.82) is 0 Å². The molecule has 8 fully saturated rings. The van der Waals surface area contributed by atoms with E-state index in [2.05, 4.69) is 26.2 Å². The summed E-state index contributed by atoms with van der Waals surface area (Å²) in [5.74, 6) is -5.86. The molecule has 0 radical (unpaired) electrons. The number of ketones is 1. The first-order valence-electron chi connectivity index (χ1n) is 32.2. The Hall–Kier alpha value is -7.64. The zero-order valence-electron chi connectivity index (χ0n) is 52.3. The number of anilines is 2. The van der Waals surface area contributed by atoms with E-state index in [0.29, 0.717) is 61.0 Å². The Bertz CT molecular complexity index is 3170. The normalized spacial score (nSPS) is 28.7. The number of piperidine rings is 4. The van der Waals surface area contributed by atoms with Gasteiger partial charge in [0.25, 0.3) is 0 Å². The van der Waals surface area contributed by atoms with Crippen LogP contribution in [0.4, 0.5) is 20.6 Å². The van der Waals surface area contributed by atoms with Crippen LogP contribution in [0.1, 0.15) is 101 Å². The van der Waals surface area contributed by atoms with E-state index >= 15 is 18.8 Å². The fourth-order valence-corrected chi connectivity index (χ4v) is 15.1. The minimum Gasteiger partial charge on any atom is -0.458 e. The van der Waals surface area contributed by atoms with E-state index < -0.39 is 108 Å². The van der Waals surface area contributed by atoms with Crippen LogP contribution in [0, 0.1) is 24.6 Å². The average molecular weight is 1280 g/mol. The number of hydrogen-bond acceptors (Lipinski definition) is 16. The number of unbranched alkanes of at least 4 members (excludes halogenated alkanes) is 1. The lowest BCUT2D eigenvalue weighted by Crippen LogP contribution is -2.63. The lowest BCUT2D eigenvalue weighted by atomic mass is 9.88. The number of Topliss-reactive ketones (excluding diaryl/α,β-unsaturated/α-hetero) is 1. The molecule has 23 nitrogen and oxygen atoms in total. The first-order valence-corrected chi connectivity index (χ1v) is 33.2. The highest BCUT2D eigenvalue weighted by Crippen LogP contribution is 2.38. The number of esters is 1. The molecular weight excluding hydrogens is 1190 g/mol. The molecule has 8 saturated heterocycles. The summed E-state index contributed by atoms with van der Waals surface area (Å²) in [6.45, 7) is 10.1. The molecule has 0 saturated carbocycles. The molecule has 8 aliphatic rings. The first kappa shape index (κ1) is 66.3. The topological polar surface area (TPSA) is 266 Å². The van der Waals surface area contributed by atoms with Gasteiger partial charge < -0.3 is 60.0 Å². The van der Waals surface area contributed by atoms with Gasteiger partial charge in [-0.15, -0.1) is 0 Å². The van der Waals surface area contributed by atoms with Crippen molar-refractivity contribution >= 4 is 82.3 Å². The van der Waals surface area contributed by atoms with Crippen LogP contribution in [0.5, 0.6) is 0 Å². The molecule has 11 rings (SSSR count). The zero-order chi connectivity index (χ0) is 64.5. The van der Waals surface area contributed by atoms with Crippen molar-refractivity contribution < 1.29 is 66.5 Å². The molecule has 2 unspecified atom stereocenters. The number of carbonyl (C=O) groups is 10. The highest BCUT2D eigenvalue weighted by Gasteiger charge is 2.48. The molecule has 8 amide bonds. The highest BCUT2D eigenvalue weighted by molar-refractivity contribution is 8.00. The van der Waals surface area contributed by atoms with Crippen molar-refractivity contribution in [2.45, 2.75) is 145 Å². The molecule has 3 aromatic rings. The van der Waals surface area contributed by atoms with Gasteiger partial charge >= 0.3 is 12.1 Å². The van der Waals surface area contributed by atoms with Crippen LogP contribution in [0.2, 0.25) is 0 Å². The van der Waals surface area contributed by atoms with E-state index in [1.165, 1.54) is 39.6 Å². The number of thioether (sulfide) groups is 1. The number of fused-ring (bicyclic) bond motifs is 5. The second-order valence-corrected chi connectivity index (χ2v) is 26.4. The zero-order valence-corrected chi connectivity index (χ0v) is 53.1. The standard InChI is InChI=1S/C66H85FN10O13S/c1-5-49-62(83)75-25-11-14-51(75)63(84)72(4)53(32-42-19-17-40(2)18-20-42)64(85)77-36-45(39-91-55-38-73-26-23-43(55)24-27-73)54(78)34-52(77)60(81)71-59(44-12-7-6-8-13-44)65(86)89-41(3)58(61(82)69-49)70-57(80)16-10-9-15-56(79)68-35-47-37-76(66(87)90-47)46-21-22-50(48(67)33-46)74-28-30-88-31-29-74/h6-8,12-13,17-22,33,41,43,45,47,49,51-53,55,58-59H,5,9-11,14-16,23-32,34-39H2,1-4H3,(H,68,79)(H,69,82)(H,70,80)(H,71,81)/t41-,45+,47+,49?,51+,52+,53+,55?,58+,59+/m1/s1. The van der Waals surface area contributed by atoms with Crippen molar-refractivity contribution in [3.05, 3.63) is 95.3 Å². The molecule has 2 bridgehead atoms. The van der Waals surface area contributed by atoms with Gasteiger partial charge in [-0.25, -0.2) is 14.0 Å². The number of aryl methyl sites for hydroxylation is 1. The number of likely N-dealkylation sites (N-methyl/N-ethyl adjacent to an activating group) is 1. The second kappa shape index (κ2) is 30.2. The number of rotatable bonds is 17. The van der Waals surface area contributed by atoms with Gasteiger partial charge in [0.05, 0.1) is 37.7 Å². The Morgan fingerprint density at radius 1 is 0.758 bits per heavy atom. The number of hydrogen-bond donors (Lipinski definition) is 4. The van der Waals surface area contributed by atoms with Crippen LogP contribution < -0.4 is 31.1 Å². The number of ether oxygens (including phenoxy) is 3. The third-order valence-corrected chi connectivity index (χ3v) is 20.5. The predicted octanol–water partition coefficient (Wildman–Crippen LogP) is 3.83. The second-order valence-electron chi connectivity index (χ2n) is 25.1. The smallest absolute Gasteiger partial charge is 0.414 e. The molecule has 8 heterocycles. The number of morpholine rings is 1. The lowest BCUT2D eigenvalue weighted by Gasteiger charge is -2.45. The first-order chi connectivity index (χ1) is 43.8. The Balaban J connectivity index is 0.849. The fraction of sp³-hybridized carbons (Fsp3) is 0.576. The Labute approximate surface area is 534 Å². The maximum absolute atomic E-state index is 15.7. The summed E-state index contributed by atoms with van der Waals surface area (Å²) >= 11 is 1.73. The molecule has 91 heavy (non-hydrogen) atoms. The van der Waals surface area contributed by atoms with Gasteiger partial charge in [0, 0.05) is 82.4 Å². The van der Waals surface area contributed by atoms with Crippen LogP contribution in [-0.4, -0.2) is 211 Å². The van der Waals surface area contributed by atoms with Gasteiger partial charge in [-0.3, -0.25) is 43.3 Å². The molecule has 10 atom stereocenters. The van der Waals surface area contributed by atoms with Crippen molar-refractivity contribution in [2.24, 2.45) is 11.8 Å². The van der Waals surface area contributed by atoms with Crippen LogP contribution in [-0.2, 0) is 63.8 Å². The maximum atomic E-state index is 15.7. The fourth-order valence-electron chi connectivity index (χ4n) is 13.5. The van der Waals surface area contributed by atoms with Crippen LogP contribution in [0.3, 0.4) is 0 Å². The van der Waals surface area contributed by atoms with Crippen molar-refractivity contribution in [2.75, 3.05) is 94.7 Å². The molecular formula is C66H85FN10O13S. The molecule has 490 valence electrons. The number of cyclic esters (lactones) is 2. The molecule has 4 N–H and O–H groups in total. The van der Waals surface area contributed by atoms with E-state index in [-0.39, 0.29) is 94.8 Å². The minimum absolute atomic E-state index is 0.0137. The van der Waals surface area contributed by atoms with Gasteiger partial charge in [0.15, 0.2) is 6.04 Å². The summed E-state index contributed by atoms with van der Waals surface area (Å²) in [6, 6.07) is 12.2. The summed E-state index contributed by atoms with van der Waals surface area (Å²) in [6.07, 6.45) is -0.0818. The van der Waals surface area contributed by atoms with Crippen LogP contribution in [0.25, 0.3) is 0 Å². The quantitative estimate of drug-likeness (QED) is 0.111. The largest absolute Gasteiger partial charge is 0.458 e. The Kier molecular flexibility index (Phi) is 22.0. The summed E-state index contributed by atoms with van der Waals surface area (Å²) < 4.78 is 32.1. The Morgan fingerprint density at radius 2 is 1.48 bits per heavy atom. The Morgan fingerprint density at radius 3 is 2.18 bits per heavy atom. The third-order valence-electron chi connectivity index (χ3n) is 18.9. The summed E-state index contributed by atoms with van der Waals surface area (Å²) in [4.78, 5) is 154. The van der Waals surface area contributed by atoms with E-state index in [1.807, 2.05) is 36.1 Å². The summed E-state index contributed by atoms with van der Waals surface area (Å²) in [7, 11) is 1.51. The number of amides is 8. The van der Waals surface area contributed by atoms with E-state index in [0.717, 1.165) is 43.6 Å². The average Bonchev–Trinajstić information content (AvgIpc) is 3.14. The molecule has 3 aromatic carbocycles. The van der Waals surface area contributed by atoms with Crippen LogP contribution >= 0.6 is 11.8 Å². The minimum atomic E-state index is -1.62. The molecule has 8 aliphatic heterocycles. The van der Waals surface area contributed by atoms with Crippen molar-refractivity contribution in [3.63, 3.8) is 0 Å². The summed E-state index contributed by atoms with van der Waals surface area (Å²) in [5.41, 5.74) is 2.70. The number of nitrogens with zero attached hydrogens (tertiary/aromatic N) is 6. The van der Waals surface area contributed by atoms with E-state index in [9.17, 15) is 33.6 Å². The molecule has 25 heteroatoms. The van der Waals surface area contributed by atoms with Gasteiger partial charge in [0.2, 0.25) is 41.4 Å². The third kappa shape index (κ3) is 16.0. The van der Waals surface area contributed by atoms with Crippen LogP contribution in [0.15, 0.2) is 72.8 Å². The molecule has 0 spiro atoms. The predicted molar refractivity (Wildman–Crippen MR) is 336 cm³/mol. The SMILES string of the molecule is CCC1NC(=O)[C@@H](NC(=O)CCCCC(=O)NC[C@H]2CN(c3ccc(N4CCOCC4)c(F)c3)C(=O)O2)[C@@H](C)OC(=O)[C@H](c2ccccc2)NC(=O)[C@@H]2CC(=O)[C@H](CSC3CN4CCC3CC4)CN2C(=O)[C@H](Cc2ccc(C)cc2)N(C)C(=O)[C@@H]2CCCN2C1=O. The van der Waals surface area contributed by atoms with Gasteiger partial charge in [-0.2, -0.15) is 11.8 Å². The monoisotopic (exact) mass is 1280 g/mol.